The van der Waals surface area contributed by atoms with Crippen LogP contribution in [0.25, 0.3) is 65.7 Å². The Labute approximate surface area is 232 Å². The van der Waals surface area contributed by atoms with Crippen molar-refractivity contribution in [3.63, 3.8) is 0 Å². The van der Waals surface area contributed by atoms with Gasteiger partial charge in [-0.1, -0.05) is 103 Å². The predicted molar refractivity (Wildman–Crippen MR) is 169 cm³/mol. The van der Waals surface area contributed by atoms with Gasteiger partial charge in [0.1, 0.15) is 11.2 Å². The number of furan rings is 1. The fraction of sp³-hybridized carbons (Fsp3) is 0. The first-order valence-corrected chi connectivity index (χ1v) is 13.6. The fourth-order valence-electron chi connectivity index (χ4n) is 5.94. The number of benzene rings is 7. The molecule has 0 amide bonds. The van der Waals surface area contributed by atoms with E-state index in [1.807, 2.05) is 24.3 Å². The van der Waals surface area contributed by atoms with E-state index in [0.717, 1.165) is 33.3 Å². The number of para-hydroxylation sites is 1. The largest absolute Gasteiger partial charge is 0.456 e. The Morgan fingerprint density at radius 1 is 0.425 bits per heavy atom. The molecular weight excluding hydrogens is 486 g/mol. The quantitative estimate of drug-likeness (QED) is 0.238. The van der Waals surface area contributed by atoms with Gasteiger partial charge in [-0.25, -0.2) is 0 Å². The summed E-state index contributed by atoms with van der Waals surface area (Å²) < 4.78 is 6.07. The molecule has 0 radical (unpaired) electrons. The zero-order valence-electron chi connectivity index (χ0n) is 21.8. The minimum atomic E-state index is 0.890. The van der Waals surface area contributed by atoms with Gasteiger partial charge in [0.05, 0.1) is 11.1 Å². The van der Waals surface area contributed by atoms with Crippen LogP contribution in [0.4, 0.5) is 11.4 Å². The average molecular weight is 512 g/mol. The second-order valence-electron chi connectivity index (χ2n) is 10.3. The minimum Gasteiger partial charge on any atom is -0.456 e. The lowest BCUT2D eigenvalue weighted by molar-refractivity contribution is 0.669. The Morgan fingerprint density at radius 3 is 1.98 bits per heavy atom. The van der Waals surface area contributed by atoms with Gasteiger partial charge in [0.2, 0.25) is 0 Å². The van der Waals surface area contributed by atoms with Gasteiger partial charge in [-0.15, -0.1) is 0 Å². The fourth-order valence-corrected chi connectivity index (χ4v) is 5.94. The molecule has 1 aromatic heterocycles. The van der Waals surface area contributed by atoms with Gasteiger partial charge in [-0.3, -0.25) is 0 Å². The van der Waals surface area contributed by atoms with Crippen molar-refractivity contribution < 1.29 is 4.42 Å². The second kappa shape index (κ2) is 9.14. The van der Waals surface area contributed by atoms with Crippen molar-refractivity contribution in [1.29, 1.82) is 0 Å². The molecule has 0 aliphatic carbocycles. The smallest absolute Gasteiger partial charge is 0.137 e. The highest BCUT2D eigenvalue weighted by atomic mass is 16.3. The molecule has 0 unspecified atom stereocenters. The molecule has 0 atom stereocenters. The Balaban J connectivity index is 1.15. The van der Waals surface area contributed by atoms with Crippen molar-refractivity contribution in [1.82, 2.24) is 0 Å². The van der Waals surface area contributed by atoms with Crippen molar-refractivity contribution in [3.8, 4) is 22.3 Å². The molecule has 0 aliphatic heterocycles. The van der Waals surface area contributed by atoms with Crippen LogP contribution in [-0.2, 0) is 0 Å². The van der Waals surface area contributed by atoms with E-state index >= 15 is 0 Å². The summed E-state index contributed by atoms with van der Waals surface area (Å²) >= 11 is 0. The summed E-state index contributed by atoms with van der Waals surface area (Å²) in [5.41, 5.74) is 8.74. The van der Waals surface area contributed by atoms with E-state index in [9.17, 15) is 0 Å². The van der Waals surface area contributed by atoms with E-state index in [1.54, 1.807) is 0 Å². The van der Waals surface area contributed by atoms with Gasteiger partial charge >= 0.3 is 0 Å². The van der Waals surface area contributed by atoms with Gasteiger partial charge in [0.15, 0.2) is 0 Å². The molecule has 0 fully saturated rings. The summed E-state index contributed by atoms with van der Waals surface area (Å²) in [5, 5.41) is 11.0. The van der Waals surface area contributed by atoms with E-state index in [2.05, 4.69) is 127 Å². The van der Waals surface area contributed by atoms with Crippen LogP contribution >= 0.6 is 0 Å². The van der Waals surface area contributed by atoms with Crippen LogP contribution in [0.5, 0.6) is 0 Å². The van der Waals surface area contributed by atoms with Crippen LogP contribution in [0.2, 0.25) is 0 Å². The lowest BCUT2D eigenvalue weighted by Crippen LogP contribution is -1.91. The number of hydrogen-bond acceptors (Lipinski definition) is 2. The standard InChI is InChI=1S/C38H25NO/c1-2-12-30-28(9-1)24-34(32-14-4-3-13-31(30)32)27-11-7-10-26(23-27)25-19-21-29(22-20-25)39-35-16-8-18-37-38(35)33-15-5-6-17-36(33)40-37/h1-24,39H. The zero-order valence-corrected chi connectivity index (χ0v) is 21.8. The lowest BCUT2D eigenvalue weighted by Gasteiger charge is -2.13. The molecule has 1 heterocycles. The zero-order chi connectivity index (χ0) is 26.5. The highest BCUT2D eigenvalue weighted by Gasteiger charge is 2.12. The molecule has 8 aromatic rings. The van der Waals surface area contributed by atoms with E-state index in [1.165, 1.54) is 43.8 Å². The van der Waals surface area contributed by atoms with Crippen LogP contribution in [0.15, 0.2) is 150 Å². The van der Waals surface area contributed by atoms with Crippen LogP contribution in [0.3, 0.4) is 0 Å². The number of anilines is 2. The molecule has 0 aliphatic rings. The second-order valence-corrected chi connectivity index (χ2v) is 10.3. The summed E-state index contributed by atoms with van der Waals surface area (Å²) in [5.74, 6) is 0. The third-order valence-electron chi connectivity index (χ3n) is 7.84. The maximum absolute atomic E-state index is 6.07. The van der Waals surface area contributed by atoms with Gasteiger partial charge in [-0.2, -0.15) is 0 Å². The summed E-state index contributed by atoms with van der Waals surface area (Å²) in [7, 11) is 0. The van der Waals surface area contributed by atoms with Gasteiger partial charge < -0.3 is 9.73 Å². The maximum atomic E-state index is 6.07. The summed E-state index contributed by atoms with van der Waals surface area (Å²) in [4.78, 5) is 0. The Bertz CT molecular complexity index is 2190. The first-order valence-electron chi connectivity index (χ1n) is 13.6. The highest BCUT2D eigenvalue weighted by Crippen LogP contribution is 2.38. The molecule has 2 heteroatoms. The number of fused-ring (bicyclic) bond motifs is 6. The Hall–Kier alpha value is -5.34. The normalized spacial score (nSPS) is 11.5. The predicted octanol–water partition coefficient (Wildman–Crippen LogP) is 11.0. The number of hydrogen-bond donors (Lipinski definition) is 1. The van der Waals surface area contributed by atoms with Crippen molar-refractivity contribution in [2.75, 3.05) is 5.32 Å². The first-order chi connectivity index (χ1) is 19.8. The van der Waals surface area contributed by atoms with E-state index < -0.39 is 0 Å². The van der Waals surface area contributed by atoms with Gasteiger partial charge in [0, 0.05) is 11.1 Å². The number of rotatable bonds is 4. The van der Waals surface area contributed by atoms with Crippen LogP contribution < -0.4 is 5.32 Å². The molecule has 8 rings (SSSR count). The monoisotopic (exact) mass is 511 g/mol. The molecule has 188 valence electrons. The molecule has 7 aromatic carbocycles. The summed E-state index contributed by atoms with van der Waals surface area (Å²) in [6.07, 6.45) is 0. The van der Waals surface area contributed by atoms with Crippen LogP contribution in [-0.4, -0.2) is 0 Å². The molecule has 0 saturated carbocycles. The van der Waals surface area contributed by atoms with Gasteiger partial charge in [0.25, 0.3) is 0 Å². The van der Waals surface area contributed by atoms with Crippen LogP contribution in [0, 0.1) is 0 Å². The molecule has 1 N–H and O–H groups in total. The topological polar surface area (TPSA) is 25.2 Å². The van der Waals surface area contributed by atoms with Crippen molar-refractivity contribution in [3.05, 3.63) is 146 Å². The molecule has 0 saturated heterocycles. The number of nitrogens with one attached hydrogen (secondary N) is 1. The maximum Gasteiger partial charge on any atom is 0.137 e. The van der Waals surface area contributed by atoms with Crippen LogP contribution in [0.1, 0.15) is 0 Å². The summed E-state index contributed by atoms with van der Waals surface area (Å²) in [6, 6.07) is 51.6. The highest BCUT2D eigenvalue weighted by molar-refractivity contribution is 6.14. The summed E-state index contributed by atoms with van der Waals surface area (Å²) in [6.45, 7) is 0. The Morgan fingerprint density at radius 2 is 1.10 bits per heavy atom. The molecule has 2 nitrogen and oxygen atoms in total. The molecule has 0 spiro atoms. The van der Waals surface area contributed by atoms with Crippen molar-refractivity contribution >= 4 is 54.9 Å². The first kappa shape index (κ1) is 22.6. The minimum absolute atomic E-state index is 0.890. The molecule has 0 bridgehead atoms. The van der Waals surface area contributed by atoms with Crippen molar-refractivity contribution in [2.24, 2.45) is 0 Å². The average Bonchev–Trinajstić information content (AvgIpc) is 3.41. The van der Waals surface area contributed by atoms with E-state index in [-0.39, 0.29) is 0 Å². The molecule has 40 heavy (non-hydrogen) atoms. The van der Waals surface area contributed by atoms with E-state index in [0.29, 0.717) is 0 Å². The third-order valence-corrected chi connectivity index (χ3v) is 7.84. The SMILES string of the molecule is c1cc(-c2ccc(Nc3cccc4oc5ccccc5c34)cc2)cc(-c2cc3ccccc3c3ccccc23)c1. The van der Waals surface area contributed by atoms with E-state index in [4.69, 9.17) is 4.42 Å². The Kier molecular flexibility index (Phi) is 5.17. The van der Waals surface area contributed by atoms with Gasteiger partial charge in [-0.05, 0) is 86.3 Å². The van der Waals surface area contributed by atoms with Crippen molar-refractivity contribution in [2.45, 2.75) is 0 Å². The lowest BCUT2D eigenvalue weighted by atomic mass is 9.92. The molecular formula is C38H25NO. The third kappa shape index (κ3) is 3.73.